The van der Waals surface area contributed by atoms with Crippen molar-refractivity contribution >= 4 is 5.69 Å². The molecular formula is C30H44N2. The lowest BCUT2D eigenvalue weighted by Crippen LogP contribution is -2.28. The molecule has 0 spiro atoms. The van der Waals surface area contributed by atoms with Gasteiger partial charge in [-0.1, -0.05) is 95.5 Å². The molecule has 0 aliphatic carbocycles. The van der Waals surface area contributed by atoms with E-state index >= 15 is 0 Å². The van der Waals surface area contributed by atoms with Gasteiger partial charge in [-0.25, -0.2) is 0 Å². The average Bonchev–Trinajstić information content (AvgIpc) is 2.84. The van der Waals surface area contributed by atoms with Gasteiger partial charge in [0, 0.05) is 35.4 Å². The molecule has 1 N–H and O–H groups in total. The molecule has 0 atom stereocenters. The first-order chi connectivity index (χ1) is 15.5. The van der Waals surface area contributed by atoms with Crippen LogP contribution in [-0.4, -0.2) is 7.05 Å². The highest BCUT2D eigenvalue weighted by atomic mass is 15.2. The van der Waals surface area contributed by atoms with Gasteiger partial charge in [-0.15, -0.1) is 13.2 Å². The summed E-state index contributed by atoms with van der Waals surface area (Å²) in [7, 11) is 1.92. The second kappa shape index (κ2) is 19.7. The van der Waals surface area contributed by atoms with Crippen LogP contribution in [0.2, 0.25) is 0 Å². The first kappa shape index (κ1) is 30.9. The molecule has 2 heteroatoms. The van der Waals surface area contributed by atoms with Gasteiger partial charge in [-0.3, -0.25) is 0 Å². The molecule has 0 bridgehead atoms. The quantitative estimate of drug-likeness (QED) is 0.356. The molecule has 32 heavy (non-hydrogen) atoms. The van der Waals surface area contributed by atoms with Crippen LogP contribution in [0.1, 0.15) is 47.5 Å². The molecular weight excluding hydrogens is 388 g/mol. The Morgan fingerprint density at radius 3 is 1.88 bits per heavy atom. The molecule has 1 aromatic rings. The van der Waals surface area contributed by atoms with Crippen LogP contribution >= 0.6 is 0 Å². The summed E-state index contributed by atoms with van der Waals surface area (Å²) in [6.45, 7) is 28.6. The van der Waals surface area contributed by atoms with E-state index in [1.807, 2.05) is 63.4 Å². The van der Waals surface area contributed by atoms with Crippen molar-refractivity contribution in [2.45, 2.75) is 47.5 Å². The van der Waals surface area contributed by atoms with E-state index in [-0.39, 0.29) is 0 Å². The lowest BCUT2D eigenvalue weighted by Gasteiger charge is -2.35. The predicted octanol–water partition coefficient (Wildman–Crippen LogP) is 8.89. The molecule has 1 heterocycles. The van der Waals surface area contributed by atoms with Gasteiger partial charge in [0.1, 0.15) is 0 Å². The lowest BCUT2D eigenvalue weighted by molar-refractivity contribution is 0.908. The largest absolute Gasteiger partial charge is 0.388 e. The average molecular weight is 433 g/mol. The zero-order valence-corrected chi connectivity index (χ0v) is 21.2. The molecule has 2 rings (SSSR count). The van der Waals surface area contributed by atoms with Gasteiger partial charge >= 0.3 is 0 Å². The number of benzene rings is 1. The number of rotatable bonds is 6. The zero-order chi connectivity index (χ0) is 24.9. The highest BCUT2D eigenvalue weighted by molar-refractivity contribution is 5.70. The van der Waals surface area contributed by atoms with Crippen LogP contribution in [-0.2, 0) is 0 Å². The number of nitrogens with one attached hydrogen (secondary N) is 1. The second-order valence-electron chi connectivity index (χ2n) is 6.63. The van der Waals surface area contributed by atoms with Gasteiger partial charge in [0.25, 0.3) is 0 Å². The van der Waals surface area contributed by atoms with E-state index in [2.05, 4.69) is 82.1 Å². The first-order valence-electron chi connectivity index (χ1n) is 11.2. The molecule has 1 aliphatic heterocycles. The topological polar surface area (TPSA) is 15.3 Å². The first-order valence-corrected chi connectivity index (χ1v) is 11.2. The van der Waals surface area contributed by atoms with Crippen LogP contribution in [0.25, 0.3) is 0 Å². The Morgan fingerprint density at radius 1 is 1.00 bits per heavy atom. The Balaban J connectivity index is 0. The summed E-state index contributed by atoms with van der Waals surface area (Å²) in [4.78, 5) is 2.19. The van der Waals surface area contributed by atoms with Crippen molar-refractivity contribution in [1.82, 2.24) is 5.32 Å². The molecule has 0 radical (unpaired) electrons. The van der Waals surface area contributed by atoms with Crippen LogP contribution in [0.5, 0.6) is 0 Å². The number of hydrogen-bond acceptors (Lipinski definition) is 2. The van der Waals surface area contributed by atoms with E-state index in [1.54, 1.807) is 6.08 Å². The number of anilines is 1. The van der Waals surface area contributed by atoms with Gasteiger partial charge in [0.15, 0.2) is 0 Å². The fourth-order valence-electron chi connectivity index (χ4n) is 2.78. The molecule has 1 aromatic carbocycles. The van der Waals surface area contributed by atoms with Crippen LogP contribution in [0.15, 0.2) is 128 Å². The molecule has 174 valence electrons. The predicted molar refractivity (Wildman–Crippen MR) is 149 cm³/mol. The Labute approximate surface area is 198 Å². The van der Waals surface area contributed by atoms with Crippen molar-refractivity contribution in [3.63, 3.8) is 0 Å². The van der Waals surface area contributed by atoms with Crippen LogP contribution in [0, 0.1) is 0 Å². The molecule has 1 aliphatic rings. The normalized spacial score (nSPS) is 12.6. The zero-order valence-electron chi connectivity index (χ0n) is 21.2. The van der Waals surface area contributed by atoms with E-state index < -0.39 is 0 Å². The highest BCUT2D eigenvalue weighted by Gasteiger charge is 2.24. The van der Waals surface area contributed by atoms with Gasteiger partial charge in [-0.05, 0) is 44.1 Å². The van der Waals surface area contributed by atoms with Crippen LogP contribution in [0.4, 0.5) is 5.69 Å². The number of hydrogen-bond donors (Lipinski definition) is 1. The van der Waals surface area contributed by atoms with Crippen LogP contribution in [0.3, 0.4) is 0 Å². The van der Waals surface area contributed by atoms with E-state index in [0.717, 1.165) is 34.6 Å². The smallest absolute Gasteiger partial charge is 0.0485 e. The Bertz CT molecular complexity index is 794. The van der Waals surface area contributed by atoms with Gasteiger partial charge < -0.3 is 10.2 Å². The van der Waals surface area contributed by atoms with E-state index in [9.17, 15) is 0 Å². The van der Waals surface area contributed by atoms with Crippen molar-refractivity contribution in [3.8, 4) is 0 Å². The molecule has 0 saturated carbocycles. The van der Waals surface area contributed by atoms with Gasteiger partial charge in [0.2, 0.25) is 0 Å². The Kier molecular flexibility index (Phi) is 19.0. The summed E-state index contributed by atoms with van der Waals surface area (Å²) in [5.74, 6) is 0. The fourth-order valence-corrected chi connectivity index (χ4v) is 2.78. The van der Waals surface area contributed by atoms with E-state index in [0.29, 0.717) is 0 Å². The minimum atomic E-state index is 0.872. The molecule has 2 nitrogen and oxygen atoms in total. The number of allylic oxidation sites excluding steroid dienone is 8. The van der Waals surface area contributed by atoms with Gasteiger partial charge in [-0.2, -0.15) is 0 Å². The maximum absolute atomic E-state index is 4.30. The monoisotopic (exact) mass is 432 g/mol. The standard InChI is InChI=1S/C19H22N2.C6H10.C3H8.C2H4/c1-6-14(3)19-15(4)21(17-11-9-8-10-12-17)16(7-2)13-18(19)20-5;1-3-5-6-4-2;1-3-2;1-2/h6,8-13,20H,1,3-4,7H2,2,5H3;3-6H,1-2H3;3H2,1-2H3;1-2H2/b;5-3-,6-4-;;. The maximum Gasteiger partial charge on any atom is 0.0485 e. The molecule has 0 saturated heterocycles. The maximum atomic E-state index is 4.30. The van der Waals surface area contributed by atoms with Crippen molar-refractivity contribution in [2.24, 2.45) is 0 Å². The number of nitrogens with zero attached hydrogens (tertiary/aromatic N) is 1. The summed E-state index contributed by atoms with van der Waals surface area (Å²) in [5.41, 5.74) is 6.16. The SMILES string of the molecule is C/C=C\C=C/C.C=C.C=CC(=C)C1=C(NC)C=C(CC)N(c2ccccc2)C1=C.CCC. The minimum absolute atomic E-state index is 0.872. The highest BCUT2D eigenvalue weighted by Crippen LogP contribution is 2.36. The third-order valence-electron chi connectivity index (χ3n) is 4.14. The summed E-state index contributed by atoms with van der Waals surface area (Å²) >= 11 is 0. The number of likely N-dealkylation sites (N-methyl/N-ethyl adjacent to an activating group) is 1. The van der Waals surface area contributed by atoms with Crippen molar-refractivity contribution in [2.75, 3.05) is 11.9 Å². The molecule has 0 fully saturated rings. The fraction of sp³-hybridized carbons (Fsp3) is 0.267. The van der Waals surface area contributed by atoms with Gasteiger partial charge in [0.05, 0.1) is 0 Å². The van der Waals surface area contributed by atoms with E-state index in [1.165, 1.54) is 12.1 Å². The molecule has 0 aromatic heterocycles. The summed E-state index contributed by atoms with van der Waals surface area (Å²) in [6, 6.07) is 10.3. The lowest BCUT2D eigenvalue weighted by atomic mass is 9.95. The number of para-hydroxylation sites is 1. The van der Waals surface area contributed by atoms with Crippen molar-refractivity contribution in [3.05, 3.63) is 128 Å². The third kappa shape index (κ3) is 10.2. The molecule has 0 amide bonds. The summed E-state index contributed by atoms with van der Waals surface area (Å²) < 4.78 is 0. The van der Waals surface area contributed by atoms with Crippen molar-refractivity contribution < 1.29 is 0 Å². The Hall–Kier alpha value is -3.26. The van der Waals surface area contributed by atoms with Crippen LogP contribution < -0.4 is 10.2 Å². The molecule has 0 unspecified atom stereocenters. The van der Waals surface area contributed by atoms with E-state index in [4.69, 9.17) is 0 Å². The minimum Gasteiger partial charge on any atom is -0.388 e. The summed E-state index contributed by atoms with van der Waals surface area (Å²) in [6.07, 6.45) is 14.1. The van der Waals surface area contributed by atoms with Crippen molar-refractivity contribution in [1.29, 1.82) is 0 Å². The summed E-state index contributed by atoms with van der Waals surface area (Å²) in [5, 5.41) is 3.24. The Morgan fingerprint density at radius 2 is 1.50 bits per heavy atom. The second-order valence-corrected chi connectivity index (χ2v) is 6.63. The third-order valence-corrected chi connectivity index (χ3v) is 4.14.